The lowest BCUT2D eigenvalue weighted by Gasteiger charge is -2.41. The largest absolute Gasteiger partial charge is 0.397 e. The second-order valence-corrected chi connectivity index (χ2v) is 18.4. The van der Waals surface area contributed by atoms with Gasteiger partial charge in [-0.15, -0.1) is 0 Å². The van der Waals surface area contributed by atoms with Crippen molar-refractivity contribution in [1.82, 2.24) is 0 Å². The lowest BCUT2D eigenvalue weighted by Crippen LogP contribution is -2.51. The molecule has 4 aromatic rings. The van der Waals surface area contributed by atoms with E-state index in [0.29, 0.717) is 11.1 Å². The standard InChI is InChI=1S/C32H24Br4N6O8S2/c33-19-9-13(10-20(34)23(19)31(51(45,46)47)17-7-3-1-5-15(17)25(37)27(41-39)29(31)43)14-11-21(35)24(22(36)12-14)32(52(48,49)50)18-8-4-2-6-16(18)26(38)28(42-40)30(32)44/h1-12,29-30,39-40,43-44H,37-38H2,(H,45,46,47)(H,48,49,50)/b41-39+,42-40+. The SMILES string of the molecule is [H]/N=N/C1=C(N)c2ccccc2C(c2c(Br)cc(-c3cc(Br)c(C4(S(=O)(=O)O)c5ccccc5C(N)=C(/N=N/[H])C4O)c(Br)c3)cc2Br)(S(=O)(=O)O)C1O. The first kappa shape index (κ1) is 35.8. The first-order valence-electron chi connectivity index (χ1n) is 15.4. The number of benzene rings is 4. The van der Waals surface area contributed by atoms with Crippen LogP contribution in [-0.2, 0) is 29.7 Å². The fourth-order valence-electron chi connectivity index (χ4n) is 7.10. The maximum absolute atomic E-state index is 13.6. The summed E-state index contributed by atoms with van der Waals surface area (Å²) in [5.74, 6) is 0. The van der Waals surface area contributed by atoms with Crippen LogP contribution in [0.2, 0.25) is 2.82 Å². The van der Waals surface area contributed by atoms with Gasteiger partial charge < -0.3 is 21.7 Å². The minimum Gasteiger partial charge on any atom is -0.397 e. The molecule has 0 aromatic heterocycles. The highest BCUT2D eigenvalue weighted by molar-refractivity contribution is 9.11. The zero-order chi connectivity index (χ0) is 39.7. The van der Waals surface area contributed by atoms with Crippen LogP contribution < -0.4 is 11.5 Å². The summed E-state index contributed by atoms with van der Waals surface area (Å²) in [4.78, 5) is 0. The molecule has 4 aromatic carbocycles. The van der Waals surface area contributed by atoms with Crippen LogP contribution in [0.1, 0.15) is 33.4 Å². The van der Waals surface area contributed by atoms with Crippen molar-refractivity contribution in [3.63, 3.8) is 0 Å². The molecule has 10 N–H and O–H groups in total. The molecular weight excluding hydrogens is 980 g/mol. The number of nitrogens with two attached hydrogens (primary N) is 2. The lowest BCUT2D eigenvalue weighted by atomic mass is 9.76. The molecule has 6 rings (SSSR count). The molecule has 52 heavy (non-hydrogen) atoms. The molecule has 0 radical (unpaired) electrons. The monoisotopic (exact) mass is 1000 g/mol. The predicted octanol–water partition coefficient (Wildman–Crippen LogP) is 6.73. The smallest absolute Gasteiger partial charge is 0.282 e. The third-order valence-corrected chi connectivity index (χ3v) is 14.7. The van der Waals surface area contributed by atoms with Crippen molar-refractivity contribution in [3.8, 4) is 11.1 Å². The van der Waals surface area contributed by atoms with Crippen LogP contribution in [0.5, 0.6) is 0 Å². The minimum atomic E-state index is -5.32. The van der Waals surface area contributed by atoms with Gasteiger partial charge in [0.15, 0.2) is 9.49 Å². The first-order valence-corrected chi connectivity index (χ1v) is 20.6. The van der Waals surface area contributed by atoms with E-state index in [0.717, 1.165) is 0 Å². The molecule has 4 atom stereocenters. The molecule has 2 aliphatic rings. The van der Waals surface area contributed by atoms with Gasteiger partial charge in [-0.2, -0.15) is 27.1 Å². The fraction of sp³-hybridized carbons (Fsp3) is 0.125. The quantitative estimate of drug-likeness (QED) is 0.0714. The van der Waals surface area contributed by atoms with E-state index < -0.39 is 53.3 Å². The van der Waals surface area contributed by atoms with E-state index in [-0.39, 0.29) is 62.7 Å². The van der Waals surface area contributed by atoms with Crippen molar-refractivity contribution in [1.29, 1.82) is 11.0 Å². The number of fused-ring (bicyclic) bond motifs is 2. The van der Waals surface area contributed by atoms with Crippen LogP contribution in [0.3, 0.4) is 0 Å². The van der Waals surface area contributed by atoms with Gasteiger partial charge in [-0.25, -0.2) is 11.0 Å². The Kier molecular flexibility index (Phi) is 9.16. The van der Waals surface area contributed by atoms with Crippen LogP contribution in [0.4, 0.5) is 0 Å². The van der Waals surface area contributed by atoms with E-state index in [1.807, 2.05) is 0 Å². The highest BCUT2D eigenvalue weighted by Gasteiger charge is 2.61. The van der Waals surface area contributed by atoms with Crippen LogP contribution in [0, 0.1) is 11.0 Å². The summed E-state index contributed by atoms with van der Waals surface area (Å²) in [7, 11) is -10.6. The van der Waals surface area contributed by atoms with Crippen molar-refractivity contribution in [2.45, 2.75) is 21.7 Å². The van der Waals surface area contributed by atoms with Crippen LogP contribution in [0.15, 0.2) is 112 Å². The number of hydrogen-bond donors (Lipinski definition) is 8. The number of hydrogen-bond acceptors (Lipinski definition) is 12. The van der Waals surface area contributed by atoms with Crippen molar-refractivity contribution in [2.24, 2.45) is 21.7 Å². The van der Waals surface area contributed by atoms with Crippen LogP contribution in [0.25, 0.3) is 22.5 Å². The van der Waals surface area contributed by atoms with Gasteiger partial charge in [-0.1, -0.05) is 112 Å². The van der Waals surface area contributed by atoms with Gasteiger partial charge in [-0.3, -0.25) is 9.11 Å². The maximum atomic E-state index is 13.6. The second kappa shape index (κ2) is 13.3. The molecule has 0 saturated carbocycles. The van der Waals surface area contributed by atoms with Crippen LogP contribution in [-0.4, -0.2) is 48.4 Å². The van der Waals surface area contributed by atoms with Crippen molar-refractivity contribution >= 4 is 95.4 Å². The number of aliphatic hydroxyl groups is 2. The van der Waals surface area contributed by atoms with Gasteiger partial charge in [0.05, 0.1) is 11.4 Å². The van der Waals surface area contributed by atoms with E-state index in [1.54, 1.807) is 12.1 Å². The molecule has 270 valence electrons. The molecule has 0 saturated heterocycles. The maximum Gasteiger partial charge on any atom is 0.282 e. The number of aliphatic hydroxyl groups excluding tert-OH is 2. The zero-order valence-corrected chi connectivity index (χ0v) is 33.8. The molecule has 0 fully saturated rings. The van der Waals surface area contributed by atoms with Gasteiger partial charge in [0, 0.05) is 40.1 Å². The Morgan fingerprint density at radius 2 is 0.942 bits per heavy atom. The van der Waals surface area contributed by atoms with Gasteiger partial charge >= 0.3 is 0 Å². The van der Waals surface area contributed by atoms with Gasteiger partial charge in [0.1, 0.15) is 23.6 Å². The number of nitrogens with zero attached hydrogens (tertiary/aromatic N) is 2. The highest BCUT2D eigenvalue weighted by Crippen LogP contribution is 2.56. The van der Waals surface area contributed by atoms with Crippen LogP contribution >= 0.6 is 63.7 Å². The summed E-state index contributed by atoms with van der Waals surface area (Å²) >= 11 is 13.8. The zero-order valence-electron chi connectivity index (χ0n) is 27.8. The first-order chi connectivity index (χ1) is 25.3. The molecule has 0 aliphatic heterocycles. The summed E-state index contributed by atoms with van der Waals surface area (Å²) in [6, 6.07) is 17.7. The molecule has 0 bridgehead atoms. The van der Waals surface area contributed by atoms with E-state index in [2.05, 4.69) is 85.0 Å². The molecule has 4 unspecified atom stereocenters. The Bertz CT molecular complexity index is 2410. The Hall–Kier alpha value is -3.18. The Labute approximate surface area is 333 Å². The van der Waals surface area contributed by atoms with E-state index in [1.165, 1.54) is 60.7 Å². The van der Waals surface area contributed by atoms with Crippen molar-refractivity contribution in [3.05, 3.63) is 135 Å². The molecule has 2 aliphatic carbocycles. The summed E-state index contributed by atoms with van der Waals surface area (Å²) in [6.45, 7) is 0. The normalized spacial score (nSPS) is 24.2. The summed E-state index contributed by atoms with van der Waals surface area (Å²) in [5.41, 5.74) is 17.6. The number of rotatable bonds is 7. The predicted molar refractivity (Wildman–Crippen MR) is 205 cm³/mol. The van der Waals surface area contributed by atoms with E-state index in [9.17, 15) is 36.2 Å². The van der Waals surface area contributed by atoms with E-state index >= 15 is 0 Å². The van der Waals surface area contributed by atoms with Gasteiger partial charge in [-0.05, 0) is 46.5 Å². The molecule has 0 spiro atoms. The molecule has 14 nitrogen and oxygen atoms in total. The number of nitrogens with one attached hydrogen (secondary N) is 2. The van der Waals surface area contributed by atoms with Gasteiger partial charge in [0.2, 0.25) is 2.82 Å². The molecule has 20 heteroatoms. The third kappa shape index (κ3) is 5.25. The summed E-state index contributed by atoms with van der Waals surface area (Å²) < 4.78 is 85.9. The lowest BCUT2D eigenvalue weighted by molar-refractivity contribution is 0.162. The van der Waals surface area contributed by atoms with Crippen molar-refractivity contribution < 1.29 is 39.0 Å². The average Bonchev–Trinajstić information content (AvgIpc) is 3.09. The van der Waals surface area contributed by atoms with Gasteiger partial charge in [0.25, 0.3) is 20.2 Å². The molecular formula is C32H24Br4N6O8S2. The molecule has 0 heterocycles. The Morgan fingerprint density at radius 3 is 1.23 bits per heavy atom. The second-order valence-electron chi connectivity index (χ2n) is 11.7. The topological polar surface area (TPSA) is 274 Å². The van der Waals surface area contributed by atoms with E-state index in [4.69, 9.17) is 14.3 Å². The molecule has 0 amide bonds. The highest BCUT2D eigenvalue weighted by atomic mass is 79.9. The summed E-state index contributed by atoms with van der Waals surface area (Å²) in [6.07, 6.45) is -4.33. The Morgan fingerprint density at radius 1 is 0.635 bits per heavy atom. The minimum absolute atomic E-state index is 0.0503. The number of halogens is 4. The summed E-state index contributed by atoms with van der Waals surface area (Å²) in [5, 5.41) is 30.7. The third-order valence-electron chi connectivity index (χ3n) is 9.26. The fourth-order valence-corrected chi connectivity index (χ4v) is 13.9. The average molecular weight is 1000 g/mol. The Balaban J connectivity index is 1.61. The van der Waals surface area contributed by atoms with Crippen molar-refractivity contribution in [2.75, 3.05) is 0 Å².